The number of carbonyl (C=O) groups is 1. The predicted octanol–water partition coefficient (Wildman–Crippen LogP) is -2.82. The number of halogens is 2. The Morgan fingerprint density at radius 1 is 2.00 bits per heavy atom. The topological polar surface area (TPSA) is 57.5 Å². The molecule has 1 N–H and O–H groups in total. The molecule has 0 radical (unpaired) electrons. The maximum absolute atomic E-state index is 10.3. The van der Waals surface area contributed by atoms with E-state index >= 15 is 0 Å². The number of esters is 1. The standard InChI is InChI=1S/C4H6I2NO3/c8-4-1-3(10-4)2-9-6-5-7-6/h3,7H,1-2H2/q-1. The summed E-state index contributed by atoms with van der Waals surface area (Å²) >= 11 is -0.661. The number of ether oxygens (including phenoxy) is 1. The second-order valence-electron chi connectivity index (χ2n) is 1.94. The van der Waals surface area contributed by atoms with Crippen LogP contribution in [0.2, 0.25) is 0 Å². The summed E-state index contributed by atoms with van der Waals surface area (Å²) < 4.78 is 13.4. The summed E-state index contributed by atoms with van der Waals surface area (Å²) in [6.07, 6.45) is 0.638. The number of rotatable bonds is 3. The molecule has 0 bridgehead atoms. The minimum atomic E-state index is -0.954. The van der Waals surface area contributed by atoms with Gasteiger partial charge in [-0.3, -0.25) is 0 Å². The van der Waals surface area contributed by atoms with Gasteiger partial charge in [0.1, 0.15) is 0 Å². The Balaban J connectivity index is 1.58. The van der Waals surface area contributed by atoms with Gasteiger partial charge in [-0.15, -0.1) is 0 Å². The van der Waals surface area contributed by atoms with Crippen LogP contribution in [-0.2, 0) is 12.6 Å². The molecule has 0 aromatic heterocycles. The van der Waals surface area contributed by atoms with Crippen molar-refractivity contribution in [3.05, 3.63) is 0 Å². The molecule has 2 heterocycles. The van der Waals surface area contributed by atoms with Gasteiger partial charge in [0, 0.05) is 0 Å². The molecule has 60 valence electrons. The molecule has 2 aliphatic rings. The van der Waals surface area contributed by atoms with Crippen LogP contribution in [0.5, 0.6) is 0 Å². The summed E-state index contributed by atoms with van der Waals surface area (Å²) in [4.78, 5) is 10.3. The Bertz CT molecular complexity index is 153. The van der Waals surface area contributed by atoms with Gasteiger partial charge >= 0.3 is 73.5 Å². The van der Waals surface area contributed by atoms with Crippen LogP contribution in [0.25, 0.3) is 0 Å². The molecule has 0 amide bonds. The van der Waals surface area contributed by atoms with Crippen LogP contribution in [0.1, 0.15) is 6.42 Å². The van der Waals surface area contributed by atoms with Crippen LogP contribution in [0.3, 0.4) is 0 Å². The number of hydrogen-bond donors (Lipinski definition) is 1. The van der Waals surface area contributed by atoms with E-state index in [1.807, 2.05) is 0 Å². The van der Waals surface area contributed by atoms with Crippen LogP contribution in [0, 0.1) is 0 Å². The minimum absolute atomic E-state index is 0.0798. The van der Waals surface area contributed by atoms with E-state index in [0.29, 0.717) is 30.5 Å². The van der Waals surface area contributed by atoms with Crippen molar-refractivity contribution >= 4 is 22.5 Å². The van der Waals surface area contributed by atoms with Gasteiger partial charge < -0.3 is 0 Å². The fraction of sp³-hybridized carbons (Fsp3) is 0.750. The Morgan fingerprint density at radius 2 is 2.70 bits per heavy atom. The summed E-state index contributed by atoms with van der Waals surface area (Å²) in [6, 6.07) is 0. The van der Waals surface area contributed by atoms with Crippen LogP contribution in [0.15, 0.2) is 0 Å². The molecule has 0 spiro atoms. The van der Waals surface area contributed by atoms with Gasteiger partial charge in [0.2, 0.25) is 0 Å². The summed E-state index contributed by atoms with van der Waals surface area (Å²) in [7, 11) is 0. The molecular formula is C4H6I2NO3-. The van der Waals surface area contributed by atoms with Crippen molar-refractivity contribution in [3.8, 4) is 0 Å². The fourth-order valence-electron chi connectivity index (χ4n) is 0.633. The van der Waals surface area contributed by atoms with Gasteiger partial charge in [-0.05, 0) is 0 Å². The molecule has 4 nitrogen and oxygen atoms in total. The number of cyclic esters (lactones) is 1. The third kappa shape index (κ3) is 1.92. The van der Waals surface area contributed by atoms with Crippen molar-refractivity contribution in [2.75, 3.05) is 6.61 Å². The average molecular weight is 370 g/mol. The van der Waals surface area contributed by atoms with Crippen LogP contribution in [0.4, 0.5) is 0 Å². The van der Waals surface area contributed by atoms with Gasteiger partial charge in [0.25, 0.3) is 0 Å². The van der Waals surface area contributed by atoms with Crippen LogP contribution < -0.4 is 19.2 Å². The molecule has 0 saturated carbocycles. The third-order valence-corrected chi connectivity index (χ3v) is 9.36. The number of hydrogen-bond acceptors (Lipinski definition) is 4. The zero-order valence-electron chi connectivity index (χ0n) is 4.97. The number of nitrogens with one attached hydrogen (secondary N) is 1. The van der Waals surface area contributed by atoms with Crippen molar-refractivity contribution in [3.63, 3.8) is 0 Å². The summed E-state index contributed by atoms with van der Waals surface area (Å²) in [6.45, 7) is 0.642. The van der Waals surface area contributed by atoms with E-state index in [9.17, 15) is 4.79 Å². The van der Waals surface area contributed by atoms with Gasteiger partial charge in [-0.1, -0.05) is 0 Å². The van der Waals surface area contributed by atoms with E-state index in [4.69, 9.17) is 7.80 Å². The second-order valence-corrected chi connectivity index (χ2v) is 15.0. The van der Waals surface area contributed by atoms with Crippen LogP contribution >= 0.6 is 16.5 Å². The van der Waals surface area contributed by atoms with E-state index in [1.54, 1.807) is 0 Å². The maximum atomic E-state index is 10.3. The van der Waals surface area contributed by atoms with E-state index in [-0.39, 0.29) is 12.1 Å². The zero-order chi connectivity index (χ0) is 6.97. The Hall–Kier alpha value is 0.850. The molecule has 2 saturated heterocycles. The first-order valence-corrected chi connectivity index (χ1v) is 12.1. The Morgan fingerprint density at radius 3 is 3.20 bits per heavy atom. The SMILES string of the molecule is O=C1CC(COI2N[I-]2)O1. The first kappa shape index (κ1) is 7.50. The normalized spacial score (nSPS) is 33.8. The van der Waals surface area contributed by atoms with Crippen molar-refractivity contribution in [2.45, 2.75) is 12.5 Å². The third-order valence-electron chi connectivity index (χ3n) is 1.17. The molecule has 0 aromatic rings. The van der Waals surface area contributed by atoms with Gasteiger partial charge in [-0.2, -0.15) is 0 Å². The number of carbonyl (C=O) groups excluding carboxylic acids is 1. The zero-order valence-corrected chi connectivity index (χ0v) is 9.29. The van der Waals surface area contributed by atoms with Gasteiger partial charge in [0.15, 0.2) is 0 Å². The first-order chi connectivity index (χ1) is 4.84. The van der Waals surface area contributed by atoms with E-state index in [0.717, 1.165) is 0 Å². The van der Waals surface area contributed by atoms with Gasteiger partial charge in [0.05, 0.1) is 0 Å². The van der Waals surface area contributed by atoms with E-state index in [2.05, 4.69) is 1.74 Å². The molecule has 0 aromatic carbocycles. The first-order valence-electron chi connectivity index (χ1n) is 2.78. The average Bonchev–Trinajstić information content (AvgIpc) is 2.60. The molecular weight excluding hydrogens is 364 g/mol. The van der Waals surface area contributed by atoms with Gasteiger partial charge in [-0.25, -0.2) is 0 Å². The molecule has 1 atom stereocenters. The fourth-order valence-corrected chi connectivity index (χ4v) is 7.39. The molecule has 0 aliphatic carbocycles. The van der Waals surface area contributed by atoms with E-state index in [1.165, 1.54) is 0 Å². The van der Waals surface area contributed by atoms with E-state index < -0.39 is 16.5 Å². The van der Waals surface area contributed by atoms with Crippen molar-refractivity contribution in [1.29, 1.82) is 0 Å². The molecule has 1 unspecified atom stereocenters. The Labute approximate surface area is 73.0 Å². The summed E-state index contributed by atoms with van der Waals surface area (Å²) in [5.41, 5.74) is 0. The molecule has 6 heteroatoms. The molecule has 2 aliphatic heterocycles. The summed E-state index contributed by atoms with van der Waals surface area (Å²) in [5.74, 6) is -0.0872. The molecule has 2 fully saturated rings. The van der Waals surface area contributed by atoms with Crippen molar-refractivity contribution in [1.82, 2.24) is 1.74 Å². The Kier molecular flexibility index (Phi) is 2.30. The molecule has 10 heavy (non-hydrogen) atoms. The second kappa shape index (κ2) is 3.07. The summed E-state index contributed by atoms with van der Waals surface area (Å²) in [5, 5.41) is 0. The van der Waals surface area contributed by atoms with Crippen molar-refractivity contribution in [2.24, 2.45) is 0 Å². The molecule has 2 rings (SSSR count). The predicted molar refractivity (Wildman–Crippen MR) is 37.6 cm³/mol. The van der Waals surface area contributed by atoms with Crippen LogP contribution in [-0.4, -0.2) is 18.7 Å². The van der Waals surface area contributed by atoms with Crippen molar-refractivity contribution < 1.29 is 30.1 Å². The monoisotopic (exact) mass is 370 g/mol. The quantitative estimate of drug-likeness (QED) is 0.252.